The molecule has 1 amide bonds. The number of hydrogen-bond donors (Lipinski definition) is 0. The Kier molecular flexibility index (Phi) is 3.80. The van der Waals surface area contributed by atoms with Crippen molar-refractivity contribution in [1.82, 2.24) is 14.7 Å². The van der Waals surface area contributed by atoms with Gasteiger partial charge in [-0.05, 0) is 31.6 Å². The summed E-state index contributed by atoms with van der Waals surface area (Å²) in [5, 5.41) is 4.97. The Morgan fingerprint density at radius 1 is 1.29 bits per heavy atom. The van der Waals surface area contributed by atoms with Crippen LogP contribution < -0.4 is 0 Å². The van der Waals surface area contributed by atoms with Crippen molar-refractivity contribution in [1.29, 1.82) is 0 Å². The Morgan fingerprint density at radius 3 is 2.62 bits per heavy atom. The number of amides is 1. The van der Waals surface area contributed by atoms with Gasteiger partial charge in [-0.3, -0.25) is 4.79 Å². The highest BCUT2D eigenvalue weighted by Gasteiger charge is 2.18. The van der Waals surface area contributed by atoms with Gasteiger partial charge in [-0.25, -0.2) is 4.68 Å². The molecule has 0 radical (unpaired) electrons. The lowest BCUT2D eigenvalue weighted by molar-refractivity contribution is -0.129. The Labute approximate surface area is 128 Å². The van der Waals surface area contributed by atoms with E-state index in [4.69, 9.17) is 11.6 Å². The smallest absolute Gasteiger partial charge is 0.246 e. The number of hydrogen-bond acceptors (Lipinski definition) is 2. The molecule has 0 spiro atoms. The van der Waals surface area contributed by atoms with E-state index < -0.39 is 0 Å². The summed E-state index contributed by atoms with van der Waals surface area (Å²) >= 11 is 6.40. The first-order chi connectivity index (χ1) is 10.2. The van der Waals surface area contributed by atoms with Gasteiger partial charge in [0.25, 0.3) is 0 Å². The molecule has 3 rings (SSSR count). The highest BCUT2D eigenvalue weighted by molar-refractivity contribution is 6.31. The van der Waals surface area contributed by atoms with Crippen LogP contribution in [0.5, 0.6) is 0 Å². The molecule has 0 unspecified atom stereocenters. The maximum absolute atomic E-state index is 11.9. The molecule has 21 heavy (non-hydrogen) atoms. The molecule has 0 bridgehead atoms. The predicted molar refractivity (Wildman–Crippen MR) is 83.5 cm³/mol. The number of nitrogens with zero attached hydrogens (tertiary/aromatic N) is 3. The highest BCUT2D eigenvalue weighted by atomic mass is 35.5. The number of para-hydroxylation sites is 1. The number of aromatic nitrogens is 2. The molecule has 0 saturated carbocycles. The summed E-state index contributed by atoms with van der Waals surface area (Å²) in [6.07, 6.45) is 4.42. The van der Waals surface area contributed by atoms with Crippen LogP contribution in [0.1, 0.15) is 17.7 Å². The second kappa shape index (κ2) is 5.74. The van der Waals surface area contributed by atoms with Crippen molar-refractivity contribution >= 4 is 23.6 Å². The number of carbonyl (C=O) groups is 1. The molecule has 0 N–H and O–H groups in total. The van der Waals surface area contributed by atoms with Crippen molar-refractivity contribution in [3.8, 4) is 5.69 Å². The zero-order valence-corrected chi connectivity index (χ0v) is 12.5. The lowest BCUT2D eigenvalue weighted by atomic mass is 10.2. The third-order valence-corrected chi connectivity index (χ3v) is 3.97. The van der Waals surface area contributed by atoms with Crippen LogP contribution in [0.2, 0.25) is 5.15 Å². The molecule has 2 heterocycles. The van der Waals surface area contributed by atoms with E-state index in [1.807, 2.05) is 37.3 Å². The summed E-state index contributed by atoms with van der Waals surface area (Å²) < 4.78 is 1.69. The number of aryl methyl sites for hydroxylation is 1. The third-order valence-electron chi connectivity index (χ3n) is 3.61. The van der Waals surface area contributed by atoms with Gasteiger partial charge in [-0.15, -0.1) is 0 Å². The fourth-order valence-electron chi connectivity index (χ4n) is 2.24. The molecule has 1 saturated heterocycles. The van der Waals surface area contributed by atoms with E-state index in [1.165, 1.54) is 0 Å². The van der Waals surface area contributed by atoms with Crippen LogP contribution in [0.15, 0.2) is 36.4 Å². The molecule has 1 fully saturated rings. The van der Waals surface area contributed by atoms with Crippen LogP contribution in [0, 0.1) is 6.92 Å². The molecule has 0 atom stereocenters. The van der Waals surface area contributed by atoms with Gasteiger partial charge in [0.2, 0.25) is 5.91 Å². The molecular formula is C16H16ClN3O. The maximum atomic E-state index is 11.9. The fourth-order valence-corrected chi connectivity index (χ4v) is 2.57. The maximum Gasteiger partial charge on any atom is 0.246 e. The second-order valence-electron chi connectivity index (χ2n) is 5.05. The summed E-state index contributed by atoms with van der Waals surface area (Å²) in [6, 6.07) is 9.70. The number of halogens is 1. The number of benzene rings is 1. The molecule has 108 valence electrons. The van der Waals surface area contributed by atoms with Crippen molar-refractivity contribution in [3.63, 3.8) is 0 Å². The van der Waals surface area contributed by atoms with E-state index in [0.717, 1.165) is 36.5 Å². The van der Waals surface area contributed by atoms with Gasteiger partial charge in [-0.1, -0.05) is 29.8 Å². The van der Waals surface area contributed by atoms with E-state index in [2.05, 4.69) is 5.10 Å². The summed E-state index contributed by atoms with van der Waals surface area (Å²) in [6.45, 7) is 3.58. The SMILES string of the molecule is Cc1nn(-c2ccccc2)c(Cl)c1/C=C/C(=O)N1CCC1. The second-order valence-corrected chi connectivity index (χ2v) is 5.41. The van der Waals surface area contributed by atoms with Gasteiger partial charge in [0.05, 0.1) is 11.4 Å². The van der Waals surface area contributed by atoms with E-state index >= 15 is 0 Å². The fraction of sp³-hybridized carbons (Fsp3) is 0.250. The topological polar surface area (TPSA) is 38.1 Å². The van der Waals surface area contributed by atoms with E-state index in [1.54, 1.807) is 21.7 Å². The van der Waals surface area contributed by atoms with Gasteiger partial charge >= 0.3 is 0 Å². The molecule has 1 aliphatic heterocycles. The van der Waals surface area contributed by atoms with E-state index in [-0.39, 0.29) is 5.91 Å². The number of rotatable bonds is 3. The Balaban J connectivity index is 1.88. The van der Waals surface area contributed by atoms with Gasteiger partial charge in [0.15, 0.2) is 0 Å². The molecule has 1 aromatic heterocycles. The number of carbonyl (C=O) groups excluding carboxylic acids is 1. The van der Waals surface area contributed by atoms with Gasteiger partial charge in [0, 0.05) is 24.7 Å². The monoisotopic (exact) mass is 301 g/mol. The van der Waals surface area contributed by atoms with Gasteiger partial charge in [0.1, 0.15) is 5.15 Å². The van der Waals surface area contributed by atoms with Crippen molar-refractivity contribution < 1.29 is 4.79 Å². The molecule has 5 heteroatoms. The molecule has 2 aromatic rings. The largest absolute Gasteiger partial charge is 0.339 e. The van der Waals surface area contributed by atoms with Crippen LogP contribution in [-0.2, 0) is 4.79 Å². The Bertz CT molecular complexity index is 687. The summed E-state index contributed by atoms with van der Waals surface area (Å²) in [5.74, 6) is 0.0316. The first-order valence-electron chi connectivity index (χ1n) is 6.94. The predicted octanol–water partition coefficient (Wildman–Crippen LogP) is 3.08. The van der Waals surface area contributed by atoms with Crippen molar-refractivity contribution in [2.75, 3.05) is 13.1 Å². The zero-order chi connectivity index (χ0) is 14.8. The lowest BCUT2D eigenvalue weighted by Crippen LogP contribution is -2.40. The molecule has 1 aromatic carbocycles. The quantitative estimate of drug-likeness (QED) is 0.817. The van der Waals surface area contributed by atoms with Crippen LogP contribution in [0.4, 0.5) is 0 Å². The molecule has 0 aliphatic carbocycles. The van der Waals surface area contributed by atoms with Crippen LogP contribution >= 0.6 is 11.6 Å². The molecule has 4 nitrogen and oxygen atoms in total. The minimum atomic E-state index is 0.0316. The highest BCUT2D eigenvalue weighted by Crippen LogP contribution is 2.24. The van der Waals surface area contributed by atoms with Crippen molar-refractivity contribution in [2.45, 2.75) is 13.3 Å². The van der Waals surface area contributed by atoms with E-state index in [9.17, 15) is 4.79 Å². The molecular weight excluding hydrogens is 286 g/mol. The Hall–Kier alpha value is -2.07. The first-order valence-corrected chi connectivity index (χ1v) is 7.32. The molecule has 1 aliphatic rings. The van der Waals surface area contributed by atoms with Crippen molar-refractivity contribution in [2.24, 2.45) is 0 Å². The van der Waals surface area contributed by atoms with Crippen LogP contribution in [0.3, 0.4) is 0 Å². The zero-order valence-electron chi connectivity index (χ0n) is 11.8. The average molecular weight is 302 g/mol. The van der Waals surface area contributed by atoms with Crippen LogP contribution in [-0.4, -0.2) is 33.7 Å². The minimum absolute atomic E-state index is 0.0316. The lowest BCUT2D eigenvalue weighted by Gasteiger charge is -2.29. The summed E-state index contributed by atoms with van der Waals surface area (Å²) in [5.41, 5.74) is 2.49. The minimum Gasteiger partial charge on any atom is -0.339 e. The number of likely N-dealkylation sites (tertiary alicyclic amines) is 1. The standard InChI is InChI=1S/C16H16ClN3O/c1-12-14(8-9-15(21)19-10-5-11-19)16(17)20(18-12)13-6-3-2-4-7-13/h2-4,6-9H,5,10-11H2,1H3/b9-8+. The van der Waals surface area contributed by atoms with Crippen molar-refractivity contribution in [3.05, 3.63) is 52.8 Å². The normalized spacial score (nSPS) is 14.5. The van der Waals surface area contributed by atoms with Crippen LogP contribution in [0.25, 0.3) is 11.8 Å². The van der Waals surface area contributed by atoms with Gasteiger partial charge < -0.3 is 4.90 Å². The summed E-state index contributed by atoms with van der Waals surface area (Å²) in [7, 11) is 0. The van der Waals surface area contributed by atoms with E-state index in [0.29, 0.717) is 5.15 Å². The summed E-state index contributed by atoms with van der Waals surface area (Å²) in [4.78, 5) is 13.7. The van der Waals surface area contributed by atoms with Gasteiger partial charge in [-0.2, -0.15) is 5.10 Å². The first kappa shape index (κ1) is 13.9. The third kappa shape index (κ3) is 2.72. The Morgan fingerprint density at radius 2 is 2.00 bits per heavy atom. The average Bonchev–Trinajstić information content (AvgIpc) is 2.71.